The van der Waals surface area contributed by atoms with Crippen LogP contribution in [0.5, 0.6) is 0 Å². The largest absolute Gasteiger partial charge is 0.312 e. The average molecular weight is 275 g/mol. The maximum absolute atomic E-state index is 4.68. The predicted molar refractivity (Wildman–Crippen MR) is 81.4 cm³/mol. The molecule has 0 unspecified atom stereocenters. The van der Waals surface area contributed by atoms with Crippen LogP contribution in [-0.2, 0) is 6.54 Å². The molecule has 2 aromatic heterocycles. The molecule has 2 heterocycles. The number of hydrogen-bond acceptors (Lipinski definition) is 4. The minimum Gasteiger partial charge on any atom is -0.312 e. The molecule has 0 saturated heterocycles. The summed E-state index contributed by atoms with van der Waals surface area (Å²) in [5.74, 6) is 0.674. The molecule has 0 aromatic carbocycles. The van der Waals surface area contributed by atoms with Crippen molar-refractivity contribution in [2.75, 3.05) is 6.54 Å². The summed E-state index contributed by atoms with van der Waals surface area (Å²) in [4.78, 5) is 10.2. The minimum absolute atomic E-state index is 0.674. The van der Waals surface area contributed by atoms with Gasteiger partial charge >= 0.3 is 0 Å². The Bertz CT molecular complexity index is 546. The quantitative estimate of drug-likeness (QED) is 0.906. The normalized spacial score (nSPS) is 11.2. The molecule has 0 aliphatic rings. The summed E-state index contributed by atoms with van der Waals surface area (Å²) >= 11 is 1.76. The highest BCUT2D eigenvalue weighted by Crippen LogP contribution is 2.29. The molecular formula is C15H21N3S. The lowest BCUT2D eigenvalue weighted by Crippen LogP contribution is -2.18. The first-order valence-electron chi connectivity index (χ1n) is 6.66. The molecule has 0 bridgehead atoms. The van der Waals surface area contributed by atoms with Gasteiger partial charge in [-0.3, -0.25) is 4.98 Å². The van der Waals surface area contributed by atoms with Crippen LogP contribution in [0.1, 0.15) is 30.0 Å². The molecule has 0 aliphatic heterocycles. The van der Waals surface area contributed by atoms with Gasteiger partial charge < -0.3 is 5.32 Å². The zero-order valence-corrected chi connectivity index (χ0v) is 12.8. The second-order valence-electron chi connectivity index (χ2n) is 5.24. The topological polar surface area (TPSA) is 37.8 Å². The fourth-order valence-electron chi connectivity index (χ4n) is 1.87. The van der Waals surface area contributed by atoms with Gasteiger partial charge in [-0.15, -0.1) is 11.3 Å². The maximum Gasteiger partial charge on any atom is 0.125 e. The Labute approximate surface area is 119 Å². The maximum atomic E-state index is 4.68. The number of thiazole rings is 1. The van der Waals surface area contributed by atoms with Crippen LogP contribution in [0.15, 0.2) is 18.5 Å². The van der Waals surface area contributed by atoms with Crippen molar-refractivity contribution in [2.45, 2.75) is 34.2 Å². The second-order valence-corrected chi connectivity index (χ2v) is 6.33. The molecule has 0 fully saturated rings. The van der Waals surface area contributed by atoms with Crippen molar-refractivity contribution in [3.05, 3.63) is 34.6 Å². The highest BCUT2D eigenvalue weighted by atomic mass is 32.1. The van der Waals surface area contributed by atoms with Crippen LogP contribution in [0.3, 0.4) is 0 Å². The first-order chi connectivity index (χ1) is 9.08. The molecule has 2 rings (SSSR count). The Morgan fingerprint density at radius 2 is 2.11 bits per heavy atom. The van der Waals surface area contributed by atoms with Gasteiger partial charge in [0.2, 0.25) is 0 Å². The lowest BCUT2D eigenvalue weighted by Gasteiger charge is -2.05. The van der Waals surface area contributed by atoms with Crippen molar-refractivity contribution in [1.29, 1.82) is 0 Å². The Kier molecular flexibility index (Phi) is 4.66. The fourth-order valence-corrected chi connectivity index (χ4v) is 2.98. The van der Waals surface area contributed by atoms with Crippen LogP contribution in [-0.4, -0.2) is 16.5 Å². The van der Waals surface area contributed by atoms with E-state index in [1.54, 1.807) is 11.3 Å². The van der Waals surface area contributed by atoms with Crippen LogP contribution in [0.25, 0.3) is 10.6 Å². The van der Waals surface area contributed by atoms with Crippen molar-refractivity contribution < 1.29 is 0 Å². The summed E-state index contributed by atoms with van der Waals surface area (Å²) < 4.78 is 0. The van der Waals surface area contributed by atoms with E-state index in [9.17, 15) is 0 Å². The second kappa shape index (κ2) is 6.26. The zero-order valence-electron chi connectivity index (χ0n) is 12.0. The van der Waals surface area contributed by atoms with E-state index in [1.165, 1.54) is 10.4 Å². The number of aryl methyl sites for hydroxylation is 2. The van der Waals surface area contributed by atoms with Gasteiger partial charge in [0.25, 0.3) is 0 Å². The molecule has 102 valence electrons. The van der Waals surface area contributed by atoms with Gasteiger partial charge in [0.1, 0.15) is 5.01 Å². The lowest BCUT2D eigenvalue weighted by atomic mass is 10.2. The Morgan fingerprint density at radius 3 is 2.79 bits per heavy atom. The number of nitrogens with zero attached hydrogens (tertiary/aromatic N) is 2. The van der Waals surface area contributed by atoms with Crippen molar-refractivity contribution in [3.63, 3.8) is 0 Å². The van der Waals surface area contributed by atoms with Gasteiger partial charge in [0, 0.05) is 29.4 Å². The average Bonchev–Trinajstić information content (AvgIpc) is 2.71. The first-order valence-corrected chi connectivity index (χ1v) is 7.47. The van der Waals surface area contributed by atoms with Crippen LogP contribution in [0.4, 0.5) is 0 Å². The fraction of sp³-hybridized carbons (Fsp3) is 0.467. The summed E-state index contributed by atoms with van der Waals surface area (Å²) in [6, 6.07) is 2.03. The Morgan fingerprint density at radius 1 is 1.32 bits per heavy atom. The molecule has 1 N–H and O–H groups in total. The van der Waals surface area contributed by atoms with E-state index in [4.69, 9.17) is 0 Å². The van der Waals surface area contributed by atoms with Gasteiger partial charge in [-0.25, -0.2) is 4.98 Å². The van der Waals surface area contributed by atoms with E-state index in [0.717, 1.165) is 29.4 Å². The standard InChI is InChI=1S/C15H21N3S/c1-10(2)7-17-9-14-12(4)18-15(19-14)13-8-16-6-5-11(13)3/h5-6,8,10,17H,7,9H2,1-4H3. The predicted octanol–water partition coefficient (Wildman–Crippen LogP) is 3.57. The van der Waals surface area contributed by atoms with E-state index in [-0.39, 0.29) is 0 Å². The molecule has 0 aliphatic carbocycles. The summed E-state index contributed by atoms with van der Waals surface area (Å²) in [6.45, 7) is 10.6. The van der Waals surface area contributed by atoms with E-state index in [0.29, 0.717) is 5.92 Å². The molecule has 0 saturated carbocycles. The van der Waals surface area contributed by atoms with Crippen molar-refractivity contribution in [3.8, 4) is 10.6 Å². The van der Waals surface area contributed by atoms with Crippen LogP contribution in [0, 0.1) is 19.8 Å². The van der Waals surface area contributed by atoms with E-state index >= 15 is 0 Å². The van der Waals surface area contributed by atoms with Crippen LogP contribution < -0.4 is 5.32 Å². The Hall–Kier alpha value is -1.26. The minimum atomic E-state index is 0.674. The van der Waals surface area contributed by atoms with Gasteiger partial charge in [-0.05, 0) is 37.9 Å². The van der Waals surface area contributed by atoms with Crippen LogP contribution in [0.2, 0.25) is 0 Å². The SMILES string of the molecule is Cc1ccncc1-c1nc(C)c(CNCC(C)C)s1. The number of aromatic nitrogens is 2. The number of hydrogen-bond donors (Lipinski definition) is 1. The van der Waals surface area contributed by atoms with Gasteiger partial charge in [0.15, 0.2) is 0 Å². The first kappa shape index (κ1) is 14.2. The number of pyridine rings is 1. The highest BCUT2D eigenvalue weighted by molar-refractivity contribution is 7.15. The van der Waals surface area contributed by atoms with E-state index < -0.39 is 0 Å². The summed E-state index contributed by atoms with van der Waals surface area (Å²) in [7, 11) is 0. The molecular weight excluding hydrogens is 254 g/mol. The van der Waals surface area contributed by atoms with E-state index in [2.05, 4.69) is 43.0 Å². The number of rotatable bonds is 5. The van der Waals surface area contributed by atoms with Crippen molar-refractivity contribution in [1.82, 2.24) is 15.3 Å². The monoisotopic (exact) mass is 275 g/mol. The third-order valence-electron chi connectivity index (χ3n) is 3.00. The van der Waals surface area contributed by atoms with E-state index in [1.807, 2.05) is 18.5 Å². The third-order valence-corrected chi connectivity index (χ3v) is 4.19. The lowest BCUT2D eigenvalue weighted by molar-refractivity contribution is 0.554. The zero-order chi connectivity index (χ0) is 13.8. The molecule has 0 atom stereocenters. The van der Waals surface area contributed by atoms with Gasteiger partial charge in [0.05, 0.1) is 5.69 Å². The number of nitrogens with one attached hydrogen (secondary N) is 1. The van der Waals surface area contributed by atoms with Gasteiger partial charge in [-0.1, -0.05) is 13.8 Å². The van der Waals surface area contributed by atoms with Crippen LogP contribution >= 0.6 is 11.3 Å². The summed E-state index contributed by atoms with van der Waals surface area (Å²) in [5.41, 5.74) is 3.50. The molecule has 4 heteroatoms. The highest BCUT2D eigenvalue weighted by Gasteiger charge is 2.11. The summed E-state index contributed by atoms with van der Waals surface area (Å²) in [6.07, 6.45) is 3.73. The molecule has 0 spiro atoms. The third kappa shape index (κ3) is 3.61. The smallest absolute Gasteiger partial charge is 0.125 e. The van der Waals surface area contributed by atoms with Crippen molar-refractivity contribution >= 4 is 11.3 Å². The Balaban J connectivity index is 2.15. The molecule has 0 amide bonds. The molecule has 3 nitrogen and oxygen atoms in total. The molecule has 19 heavy (non-hydrogen) atoms. The van der Waals surface area contributed by atoms with Crippen molar-refractivity contribution in [2.24, 2.45) is 5.92 Å². The molecule has 2 aromatic rings. The van der Waals surface area contributed by atoms with Gasteiger partial charge in [-0.2, -0.15) is 0 Å². The molecule has 0 radical (unpaired) electrons. The summed E-state index contributed by atoms with van der Waals surface area (Å²) in [5, 5.41) is 4.55.